The van der Waals surface area contributed by atoms with E-state index in [-0.39, 0.29) is 0 Å². The fraction of sp³-hybridized carbons (Fsp3) is 0. The third-order valence-corrected chi connectivity index (χ3v) is 11.9. The second kappa shape index (κ2) is 13.9. The number of fused-ring (bicyclic) bond motifs is 8. The number of para-hydroxylation sites is 4. The Bertz CT molecular complexity index is 3670. The summed E-state index contributed by atoms with van der Waals surface area (Å²) in [7, 11) is 0. The van der Waals surface area contributed by atoms with E-state index in [0.717, 1.165) is 99.1 Å². The molecule has 0 radical (unpaired) electrons. The fourth-order valence-corrected chi connectivity index (χ4v) is 9.06. The van der Waals surface area contributed by atoms with E-state index < -0.39 is 0 Å². The van der Waals surface area contributed by atoms with Gasteiger partial charge in [-0.3, -0.25) is 9.13 Å². The molecule has 5 heterocycles. The molecule has 0 spiro atoms. The summed E-state index contributed by atoms with van der Waals surface area (Å²) >= 11 is 0. The molecule has 0 unspecified atom stereocenters. The van der Waals surface area contributed by atoms with Crippen molar-refractivity contribution in [2.45, 2.75) is 0 Å². The minimum absolute atomic E-state index is 0.402. The van der Waals surface area contributed by atoms with Crippen molar-refractivity contribution in [3.05, 3.63) is 194 Å². The second-order valence-electron chi connectivity index (χ2n) is 15.6. The topological polar surface area (TPSA) is 100 Å². The molecule has 0 saturated heterocycles. The van der Waals surface area contributed by atoms with Crippen molar-refractivity contribution in [2.24, 2.45) is 0 Å². The number of aromatic nitrogens is 8. The van der Waals surface area contributed by atoms with Crippen LogP contribution in [0.2, 0.25) is 0 Å². The molecule has 8 aromatic carbocycles. The van der Waals surface area contributed by atoms with E-state index in [4.69, 9.17) is 24.4 Å². The van der Waals surface area contributed by atoms with Crippen LogP contribution in [0.25, 0.3) is 123 Å². The minimum atomic E-state index is 0.402. The first-order chi connectivity index (χ1) is 31.2. The number of hydrogen-bond acceptors (Lipinski definition) is 7. The van der Waals surface area contributed by atoms with Crippen LogP contribution in [0.1, 0.15) is 0 Å². The van der Waals surface area contributed by atoms with Crippen LogP contribution < -0.4 is 0 Å². The fourth-order valence-electron chi connectivity index (χ4n) is 9.06. The van der Waals surface area contributed by atoms with Gasteiger partial charge in [0.05, 0.1) is 44.5 Å². The van der Waals surface area contributed by atoms with E-state index in [1.165, 1.54) is 0 Å². The molecule has 0 aliphatic heterocycles. The predicted octanol–water partition coefficient (Wildman–Crippen LogP) is 12.8. The predicted molar refractivity (Wildman–Crippen MR) is 251 cm³/mol. The molecule has 0 aliphatic rings. The molecule has 13 rings (SSSR count). The van der Waals surface area contributed by atoms with E-state index in [2.05, 4.69) is 116 Å². The van der Waals surface area contributed by atoms with Crippen LogP contribution in [0.3, 0.4) is 0 Å². The van der Waals surface area contributed by atoms with Gasteiger partial charge in [0.1, 0.15) is 0 Å². The number of hydrogen-bond donors (Lipinski definition) is 0. The third kappa shape index (κ3) is 5.57. The lowest BCUT2D eigenvalue weighted by Gasteiger charge is -2.12. The Kier molecular flexibility index (Phi) is 7.70. The highest BCUT2D eigenvalue weighted by atomic mass is 16.4. The molecule has 5 aromatic heterocycles. The normalized spacial score (nSPS) is 11.8. The van der Waals surface area contributed by atoms with Crippen LogP contribution in [0.15, 0.2) is 199 Å². The van der Waals surface area contributed by atoms with Gasteiger partial charge in [0.2, 0.25) is 23.7 Å². The SMILES string of the molecule is c1ccc(-c2nc(-n3c4ccccc4c4ccc(-c5nnc(-c6ccc7c8ccccc8n(-c8nc(-c9ccccc9)c9ccccc9n8)c7c6)o5)cc43)nc3ccccc23)cc1. The average molecular weight is 809 g/mol. The van der Waals surface area contributed by atoms with Gasteiger partial charge in [0, 0.05) is 54.6 Å². The van der Waals surface area contributed by atoms with Crippen molar-refractivity contribution in [2.75, 3.05) is 0 Å². The van der Waals surface area contributed by atoms with Gasteiger partial charge in [-0.25, -0.2) is 19.9 Å². The summed E-state index contributed by atoms with van der Waals surface area (Å²) in [5.74, 6) is 1.97. The monoisotopic (exact) mass is 808 g/mol. The summed E-state index contributed by atoms with van der Waals surface area (Å²) in [4.78, 5) is 20.8. The van der Waals surface area contributed by atoms with Crippen molar-refractivity contribution in [1.82, 2.24) is 39.3 Å². The molecule has 0 N–H and O–H groups in total. The third-order valence-electron chi connectivity index (χ3n) is 11.9. The maximum absolute atomic E-state index is 6.56. The van der Waals surface area contributed by atoms with Gasteiger partial charge >= 0.3 is 0 Å². The molecule has 0 amide bonds. The van der Waals surface area contributed by atoms with Gasteiger partial charge < -0.3 is 4.42 Å². The zero-order valence-corrected chi connectivity index (χ0v) is 33.5. The molecular weight excluding hydrogens is 777 g/mol. The Morgan fingerprint density at radius 1 is 0.302 bits per heavy atom. The van der Waals surface area contributed by atoms with E-state index in [1.54, 1.807) is 0 Å². The lowest BCUT2D eigenvalue weighted by Crippen LogP contribution is -2.03. The van der Waals surface area contributed by atoms with Crippen molar-refractivity contribution in [3.63, 3.8) is 0 Å². The molecule has 0 fully saturated rings. The van der Waals surface area contributed by atoms with Crippen LogP contribution in [-0.4, -0.2) is 39.3 Å². The maximum atomic E-state index is 6.56. The molecule has 0 atom stereocenters. The van der Waals surface area contributed by atoms with Crippen LogP contribution in [0.5, 0.6) is 0 Å². The maximum Gasteiger partial charge on any atom is 0.248 e. The van der Waals surface area contributed by atoms with Crippen molar-refractivity contribution in [3.8, 4) is 57.3 Å². The molecule has 13 aromatic rings. The Morgan fingerprint density at radius 3 is 1.14 bits per heavy atom. The lowest BCUT2D eigenvalue weighted by atomic mass is 10.1. The van der Waals surface area contributed by atoms with E-state index in [1.807, 2.05) is 97.1 Å². The molecule has 294 valence electrons. The van der Waals surface area contributed by atoms with Crippen LogP contribution in [-0.2, 0) is 0 Å². The number of nitrogens with zero attached hydrogens (tertiary/aromatic N) is 8. The Balaban J connectivity index is 0.954. The second-order valence-corrected chi connectivity index (χ2v) is 15.6. The molecule has 0 bridgehead atoms. The van der Waals surface area contributed by atoms with E-state index in [9.17, 15) is 0 Å². The lowest BCUT2D eigenvalue weighted by molar-refractivity contribution is 0.584. The zero-order valence-electron chi connectivity index (χ0n) is 33.5. The summed E-state index contributed by atoms with van der Waals surface area (Å²) in [6.45, 7) is 0. The van der Waals surface area contributed by atoms with Gasteiger partial charge in [-0.15, -0.1) is 10.2 Å². The van der Waals surface area contributed by atoms with Gasteiger partial charge in [0.25, 0.3) is 0 Å². The highest BCUT2D eigenvalue weighted by Gasteiger charge is 2.22. The summed E-state index contributed by atoms with van der Waals surface area (Å²) < 4.78 is 10.8. The van der Waals surface area contributed by atoms with Gasteiger partial charge in [-0.2, -0.15) is 0 Å². The zero-order chi connectivity index (χ0) is 41.4. The Labute approximate surface area is 359 Å². The minimum Gasteiger partial charge on any atom is -0.416 e. The van der Waals surface area contributed by atoms with Gasteiger partial charge in [0.15, 0.2) is 0 Å². The van der Waals surface area contributed by atoms with Gasteiger partial charge in [-0.05, 0) is 48.5 Å². The van der Waals surface area contributed by atoms with Crippen molar-refractivity contribution in [1.29, 1.82) is 0 Å². The summed E-state index contributed by atoms with van der Waals surface area (Å²) in [5, 5.41) is 15.5. The average Bonchev–Trinajstić information content (AvgIpc) is 4.07. The largest absolute Gasteiger partial charge is 0.416 e. The van der Waals surface area contributed by atoms with Crippen molar-refractivity contribution < 1.29 is 4.42 Å². The highest BCUT2D eigenvalue weighted by Crippen LogP contribution is 2.38. The first kappa shape index (κ1) is 35.0. The number of rotatable bonds is 6. The Morgan fingerprint density at radius 2 is 0.683 bits per heavy atom. The first-order valence-corrected chi connectivity index (χ1v) is 20.8. The van der Waals surface area contributed by atoms with E-state index >= 15 is 0 Å². The van der Waals surface area contributed by atoms with Crippen LogP contribution in [0, 0.1) is 0 Å². The first-order valence-electron chi connectivity index (χ1n) is 20.8. The van der Waals surface area contributed by atoms with Crippen molar-refractivity contribution >= 4 is 65.4 Å². The molecule has 0 saturated carbocycles. The summed E-state index contributed by atoms with van der Waals surface area (Å²) in [6.07, 6.45) is 0. The molecular formula is C54H32N8O. The molecule has 9 heteroatoms. The summed E-state index contributed by atoms with van der Waals surface area (Å²) in [6, 6.07) is 66.1. The number of benzene rings is 8. The quantitative estimate of drug-likeness (QED) is 0.165. The highest BCUT2D eigenvalue weighted by molar-refractivity contribution is 6.11. The van der Waals surface area contributed by atoms with Crippen LogP contribution >= 0.6 is 0 Å². The molecule has 9 nitrogen and oxygen atoms in total. The van der Waals surface area contributed by atoms with Gasteiger partial charge in [-0.1, -0.05) is 146 Å². The molecule has 0 aliphatic carbocycles. The smallest absolute Gasteiger partial charge is 0.248 e. The van der Waals surface area contributed by atoms with E-state index in [0.29, 0.717) is 23.7 Å². The van der Waals surface area contributed by atoms with Crippen LogP contribution in [0.4, 0.5) is 0 Å². The summed E-state index contributed by atoms with van der Waals surface area (Å²) in [5.41, 5.74) is 11.0. The molecule has 63 heavy (non-hydrogen) atoms. The Hall–Kier alpha value is -8.82. The standard InChI is InChI=1S/C54H32N8O/c1-3-15-33(16-4-1)49-41-21-7-11-23-43(41)55-53(57-49)61-45-25-13-9-19-37(45)39-29-27-35(31-47(39)61)51-59-60-52(63-51)36-28-30-40-38-20-10-14-26-46(38)62(48(40)32-36)54-56-44-24-12-8-22-42(44)50(58-54)34-17-5-2-6-18-34/h1-32H.